The van der Waals surface area contributed by atoms with Gasteiger partial charge >= 0.3 is 0 Å². The van der Waals surface area contributed by atoms with Gasteiger partial charge in [-0.1, -0.05) is 25.2 Å². The average molecular weight is 406 g/mol. The number of allylic oxidation sites excluding steroid dienone is 2. The monoisotopic (exact) mass is 405 g/mol. The second-order valence-electron chi connectivity index (χ2n) is 8.63. The largest absolute Gasteiger partial charge is 0.395 e. The number of nitrogens with zero attached hydrogens (tertiary/aromatic N) is 3. The van der Waals surface area contributed by atoms with Crippen LogP contribution in [0.25, 0.3) is 11.3 Å². The van der Waals surface area contributed by atoms with Crippen molar-refractivity contribution in [1.82, 2.24) is 15.0 Å². The molecule has 3 aliphatic rings. The van der Waals surface area contributed by atoms with Gasteiger partial charge in [-0.25, -0.2) is 15.0 Å². The molecule has 0 saturated heterocycles. The third-order valence-corrected chi connectivity index (χ3v) is 6.31. The van der Waals surface area contributed by atoms with E-state index in [-0.39, 0.29) is 24.2 Å². The van der Waals surface area contributed by atoms with Crippen molar-refractivity contribution < 1.29 is 9.84 Å². The van der Waals surface area contributed by atoms with Gasteiger partial charge in [0, 0.05) is 42.6 Å². The minimum Gasteiger partial charge on any atom is -0.395 e. The van der Waals surface area contributed by atoms with Crippen LogP contribution in [0.3, 0.4) is 0 Å². The van der Waals surface area contributed by atoms with Gasteiger partial charge in [-0.3, -0.25) is 0 Å². The number of pyridine rings is 1. The molecule has 3 atom stereocenters. The zero-order valence-electron chi connectivity index (χ0n) is 17.3. The Morgan fingerprint density at radius 2 is 2.20 bits per heavy atom. The molecule has 7 nitrogen and oxygen atoms in total. The van der Waals surface area contributed by atoms with Crippen LogP contribution in [0.5, 0.6) is 0 Å². The summed E-state index contributed by atoms with van der Waals surface area (Å²) >= 11 is 0. The van der Waals surface area contributed by atoms with E-state index in [2.05, 4.69) is 44.9 Å². The van der Waals surface area contributed by atoms with E-state index in [4.69, 9.17) is 9.72 Å². The van der Waals surface area contributed by atoms with E-state index in [9.17, 15) is 5.11 Å². The third-order valence-electron chi connectivity index (χ3n) is 6.31. The highest BCUT2D eigenvalue weighted by Crippen LogP contribution is 2.39. The topological polar surface area (TPSA) is 92.2 Å². The summed E-state index contributed by atoms with van der Waals surface area (Å²) in [5.74, 6) is 2.07. The number of anilines is 2. The second-order valence-corrected chi connectivity index (χ2v) is 8.63. The molecule has 0 aromatic carbocycles. The molecule has 0 radical (unpaired) electrons. The van der Waals surface area contributed by atoms with Gasteiger partial charge in [-0.2, -0.15) is 0 Å². The number of fused-ring (bicyclic) bond motifs is 1. The first-order valence-corrected chi connectivity index (χ1v) is 10.5. The van der Waals surface area contributed by atoms with Gasteiger partial charge in [0.25, 0.3) is 0 Å². The molecule has 5 rings (SSSR count). The molecular weight excluding hydrogens is 378 g/mol. The SMILES string of the molecule is COC1C=CC(C2CC2)=CC1Nc1nccc(-c2cnc3c(c2)C(C)(CO)CN3)n1. The number of hydrogen-bond acceptors (Lipinski definition) is 7. The molecule has 3 N–H and O–H groups in total. The summed E-state index contributed by atoms with van der Waals surface area (Å²) in [6.07, 6.45) is 12.6. The Labute approximate surface area is 176 Å². The molecule has 1 fully saturated rings. The highest BCUT2D eigenvalue weighted by atomic mass is 16.5. The van der Waals surface area contributed by atoms with Crippen molar-refractivity contribution in [2.45, 2.75) is 37.3 Å². The number of aliphatic hydroxyl groups is 1. The van der Waals surface area contributed by atoms with E-state index in [1.54, 1.807) is 13.3 Å². The Morgan fingerprint density at radius 3 is 2.97 bits per heavy atom. The Bertz CT molecular complexity index is 1020. The molecule has 1 aliphatic heterocycles. The van der Waals surface area contributed by atoms with Crippen LogP contribution >= 0.6 is 0 Å². The Hall–Kier alpha value is -2.77. The standard InChI is InChI=1S/C23H27N5O2/c1-23(13-29)12-26-21-17(23)9-16(11-25-21)18-7-8-24-22(27-18)28-19-10-15(14-3-4-14)5-6-20(19)30-2/h5-11,14,19-20,29H,3-4,12-13H2,1-2H3,(H,25,26)(H,24,27,28). The van der Waals surface area contributed by atoms with Crippen molar-refractivity contribution in [1.29, 1.82) is 0 Å². The minimum absolute atomic E-state index is 0.00845. The van der Waals surface area contributed by atoms with Crippen LogP contribution in [0.4, 0.5) is 11.8 Å². The van der Waals surface area contributed by atoms with Crippen molar-refractivity contribution >= 4 is 11.8 Å². The van der Waals surface area contributed by atoms with E-state index >= 15 is 0 Å². The minimum atomic E-state index is -0.337. The van der Waals surface area contributed by atoms with Gasteiger partial charge in [0.05, 0.1) is 24.4 Å². The molecule has 0 amide bonds. The first kappa shape index (κ1) is 19.2. The predicted molar refractivity (Wildman–Crippen MR) is 116 cm³/mol. The van der Waals surface area contributed by atoms with Crippen molar-refractivity contribution in [3.05, 3.63) is 53.9 Å². The summed E-state index contributed by atoms with van der Waals surface area (Å²) in [5.41, 5.74) is 3.75. The Morgan fingerprint density at radius 1 is 1.33 bits per heavy atom. The average Bonchev–Trinajstić information content (AvgIpc) is 3.58. The van der Waals surface area contributed by atoms with Gasteiger partial charge in [-0.05, 0) is 36.5 Å². The molecule has 30 heavy (non-hydrogen) atoms. The molecule has 2 aliphatic carbocycles. The third kappa shape index (κ3) is 3.48. The van der Waals surface area contributed by atoms with Crippen molar-refractivity contribution in [3.63, 3.8) is 0 Å². The van der Waals surface area contributed by atoms with Gasteiger partial charge in [0.15, 0.2) is 0 Å². The number of ether oxygens (including phenoxy) is 1. The molecule has 2 aromatic rings. The Balaban J connectivity index is 1.41. The number of nitrogens with one attached hydrogen (secondary N) is 2. The van der Waals surface area contributed by atoms with E-state index in [1.165, 1.54) is 18.4 Å². The van der Waals surface area contributed by atoms with E-state index in [0.717, 1.165) is 22.6 Å². The maximum absolute atomic E-state index is 9.85. The van der Waals surface area contributed by atoms with Gasteiger partial charge in [-0.15, -0.1) is 0 Å². The maximum atomic E-state index is 9.85. The van der Waals surface area contributed by atoms with Crippen LogP contribution in [-0.4, -0.2) is 52.5 Å². The maximum Gasteiger partial charge on any atom is 0.223 e. The van der Waals surface area contributed by atoms with Crippen LogP contribution in [0.15, 0.2) is 48.3 Å². The molecule has 1 saturated carbocycles. The lowest BCUT2D eigenvalue weighted by molar-refractivity contribution is 0.133. The van der Waals surface area contributed by atoms with Crippen molar-refractivity contribution in [3.8, 4) is 11.3 Å². The highest BCUT2D eigenvalue weighted by Gasteiger charge is 2.35. The Kier molecular flexibility index (Phi) is 4.79. The van der Waals surface area contributed by atoms with Crippen LogP contribution in [-0.2, 0) is 10.2 Å². The molecule has 7 heteroatoms. The molecular formula is C23H27N5O2. The highest BCUT2D eigenvalue weighted by molar-refractivity contribution is 5.66. The van der Waals surface area contributed by atoms with Crippen LogP contribution < -0.4 is 10.6 Å². The number of methoxy groups -OCH3 is 1. The molecule has 156 valence electrons. The summed E-state index contributed by atoms with van der Waals surface area (Å²) in [7, 11) is 1.72. The fraction of sp³-hybridized carbons (Fsp3) is 0.435. The first-order chi connectivity index (χ1) is 14.6. The van der Waals surface area contributed by atoms with E-state index in [0.29, 0.717) is 18.4 Å². The quantitative estimate of drug-likeness (QED) is 0.680. The smallest absolute Gasteiger partial charge is 0.223 e. The second kappa shape index (κ2) is 7.49. The van der Waals surface area contributed by atoms with E-state index in [1.807, 2.05) is 19.2 Å². The van der Waals surface area contributed by atoms with Crippen molar-refractivity contribution in [2.24, 2.45) is 5.92 Å². The summed E-state index contributed by atoms with van der Waals surface area (Å²) < 4.78 is 5.63. The molecule has 0 bridgehead atoms. The van der Waals surface area contributed by atoms with Gasteiger partial charge in [0.2, 0.25) is 5.95 Å². The number of hydrogen-bond donors (Lipinski definition) is 3. The normalized spacial score (nSPS) is 27.4. The number of aromatic nitrogens is 3. The molecule has 3 heterocycles. The first-order valence-electron chi connectivity index (χ1n) is 10.5. The molecule has 0 spiro atoms. The van der Waals surface area contributed by atoms with E-state index < -0.39 is 0 Å². The van der Waals surface area contributed by atoms with Crippen LogP contribution in [0.1, 0.15) is 25.3 Å². The summed E-state index contributed by atoms with van der Waals surface area (Å²) in [5, 5.41) is 16.6. The zero-order valence-corrected chi connectivity index (χ0v) is 17.3. The fourth-order valence-corrected chi connectivity index (χ4v) is 4.18. The molecule has 2 aromatic heterocycles. The number of rotatable bonds is 6. The lowest BCUT2D eigenvalue weighted by Gasteiger charge is -2.26. The van der Waals surface area contributed by atoms with Gasteiger partial charge in [0.1, 0.15) is 5.82 Å². The predicted octanol–water partition coefficient (Wildman–Crippen LogP) is 2.92. The van der Waals surface area contributed by atoms with Gasteiger partial charge < -0.3 is 20.5 Å². The number of aliphatic hydroxyl groups excluding tert-OH is 1. The lowest BCUT2D eigenvalue weighted by Crippen LogP contribution is -2.34. The zero-order chi connectivity index (χ0) is 20.7. The lowest BCUT2D eigenvalue weighted by atomic mass is 9.85. The van der Waals surface area contributed by atoms with Crippen LogP contribution in [0.2, 0.25) is 0 Å². The summed E-state index contributed by atoms with van der Waals surface area (Å²) in [6.45, 7) is 2.78. The van der Waals surface area contributed by atoms with Crippen LogP contribution in [0, 0.1) is 5.92 Å². The molecule has 3 unspecified atom stereocenters. The fourth-order valence-electron chi connectivity index (χ4n) is 4.18. The van der Waals surface area contributed by atoms with Crippen molar-refractivity contribution in [2.75, 3.05) is 30.9 Å². The summed E-state index contributed by atoms with van der Waals surface area (Å²) in [4.78, 5) is 13.7. The summed E-state index contributed by atoms with van der Waals surface area (Å²) in [6, 6.07) is 3.94.